The number of aromatic nitrogens is 1. The van der Waals surface area contributed by atoms with Gasteiger partial charge in [0.2, 0.25) is 0 Å². The molecule has 4 heteroatoms. The number of carboxylic acids is 1. The summed E-state index contributed by atoms with van der Waals surface area (Å²) in [6.45, 7) is 0.513. The van der Waals surface area contributed by atoms with E-state index in [2.05, 4.69) is 4.98 Å². The van der Waals surface area contributed by atoms with Crippen LogP contribution in [0.3, 0.4) is 0 Å². The summed E-state index contributed by atoms with van der Waals surface area (Å²) in [6, 6.07) is 3.44. The van der Waals surface area contributed by atoms with Crippen LogP contribution in [0, 0.1) is 0 Å². The third-order valence-corrected chi connectivity index (χ3v) is 2.34. The molecule has 68 valence electrons. The Morgan fingerprint density at radius 1 is 1.46 bits per heavy atom. The van der Waals surface area contributed by atoms with E-state index in [1.54, 1.807) is 24.5 Å². The average molecular weight is 179 g/mol. The molecular weight excluding hydrogens is 170 g/mol. The van der Waals surface area contributed by atoms with Gasteiger partial charge < -0.3 is 9.84 Å². The first-order chi connectivity index (χ1) is 6.26. The minimum absolute atomic E-state index is 0.256. The summed E-state index contributed by atoms with van der Waals surface area (Å²) in [5, 5.41) is 9.04. The SMILES string of the molecule is O=C(O)C1(c2ccncc2)COC1. The maximum absolute atomic E-state index is 11.0. The van der Waals surface area contributed by atoms with Crippen molar-refractivity contribution in [3.8, 4) is 0 Å². The number of ether oxygens (including phenoxy) is 1. The lowest BCUT2D eigenvalue weighted by molar-refractivity contribution is -0.163. The predicted molar refractivity (Wildman–Crippen MR) is 44.4 cm³/mol. The zero-order valence-corrected chi connectivity index (χ0v) is 6.93. The Kier molecular flexibility index (Phi) is 1.77. The Balaban J connectivity index is 2.38. The molecule has 0 atom stereocenters. The summed E-state index contributed by atoms with van der Waals surface area (Å²) in [5.41, 5.74) is -0.0654. The zero-order chi connectivity index (χ0) is 9.31. The van der Waals surface area contributed by atoms with Crippen LogP contribution < -0.4 is 0 Å². The normalized spacial score (nSPS) is 19.1. The fourth-order valence-corrected chi connectivity index (χ4v) is 1.39. The number of rotatable bonds is 2. The summed E-state index contributed by atoms with van der Waals surface area (Å²) < 4.78 is 4.95. The van der Waals surface area contributed by atoms with Gasteiger partial charge in [-0.1, -0.05) is 0 Å². The highest BCUT2D eigenvalue weighted by atomic mass is 16.5. The lowest BCUT2D eigenvalue weighted by atomic mass is 9.79. The third kappa shape index (κ3) is 1.10. The van der Waals surface area contributed by atoms with Gasteiger partial charge >= 0.3 is 5.97 Å². The molecule has 0 amide bonds. The number of hydrogen-bond acceptors (Lipinski definition) is 3. The van der Waals surface area contributed by atoms with Crippen molar-refractivity contribution in [3.63, 3.8) is 0 Å². The summed E-state index contributed by atoms with van der Waals surface area (Å²) in [7, 11) is 0. The average Bonchev–Trinajstić information content (AvgIpc) is 2.03. The van der Waals surface area contributed by atoms with Gasteiger partial charge in [-0.25, -0.2) is 0 Å². The van der Waals surface area contributed by atoms with Crippen LogP contribution in [0.5, 0.6) is 0 Å². The highest BCUT2D eigenvalue weighted by molar-refractivity contribution is 5.82. The largest absolute Gasteiger partial charge is 0.480 e. The fraction of sp³-hybridized carbons (Fsp3) is 0.333. The van der Waals surface area contributed by atoms with Crippen molar-refractivity contribution in [1.29, 1.82) is 0 Å². The monoisotopic (exact) mass is 179 g/mol. The van der Waals surface area contributed by atoms with Crippen molar-refractivity contribution in [1.82, 2.24) is 4.98 Å². The molecule has 2 rings (SSSR count). The van der Waals surface area contributed by atoms with Gasteiger partial charge in [-0.3, -0.25) is 9.78 Å². The summed E-state index contributed by atoms with van der Waals surface area (Å²) in [5.74, 6) is -0.829. The van der Waals surface area contributed by atoms with Gasteiger partial charge in [0.1, 0.15) is 5.41 Å². The van der Waals surface area contributed by atoms with E-state index in [9.17, 15) is 4.79 Å². The first-order valence-corrected chi connectivity index (χ1v) is 3.97. The Bertz CT molecular complexity index is 319. The van der Waals surface area contributed by atoms with E-state index in [4.69, 9.17) is 9.84 Å². The molecular formula is C9H9NO3. The topological polar surface area (TPSA) is 59.4 Å². The van der Waals surface area contributed by atoms with Gasteiger partial charge in [0.15, 0.2) is 0 Å². The summed E-state index contributed by atoms with van der Waals surface area (Å²) in [4.78, 5) is 14.8. The number of nitrogens with zero attached hydrogens (tertiary/aromatic N) is 1. The van der Waals surface area contributed by atoms with E-state index in [0.29, 0.717) is 0 Å². The van der Waals surface area contributed by atoms with Crippen molar-refractivity contribution >= 4 is 5.97 Å². The van der Waals surface area contributed by atoms with Crippen LogP contribution in [0.15, 0.2) is 24.5 Å². The molecule has 1 N–H and O–H groups in total. The van der Waals surface area contributed by atoms with Crippen molar-refractivity contribution in [2.75, 3.05) is 13.2 Å². The number of hydrogen-bond donors (Lipinski definition) is 1. The van der Waals surface area contributed by atoms with Crippen LogP contribution in [-0.4, -0.2) is 29.3 Å². The zero-order valence-electron chi connectivity index (χ0n) is 6.93. The van der Waals surface area contributed by atoms with E-state index in [1.807, 2.05) is 0 Å². The lowest BCUT2D eigenvalue weighted by Crippen LogP contribution is -2.53. The molecule has 0 spiro atoms. The highest BCUT2D eigenvalue weighted by Gasteiger charge is 2.47. The lowest BCUT2D eigenvalue weighted by Gasteiger charge is -2.37. The van der Waals surface area contributed by atoms with Crippen molar-refractivity contribution in [2.45, 2.75) is 5.41 Å². The molecule has 1 fully saturated rings. The van der Waals surface area contributed by atoms with E-state index in [1.165, 1.54) is 0 Å². The smallest absolute Gasteiger partial charge is 0.318 e. The van der Waals surface area contributed by atoms with Gasteiger partial charge in [-0.15, -0.1) is 0 Å². The molecule has 0 saturated carbocycles. The van der Waals surface area contributed by atoms with E-state index < -0.39 is 11.4 Å². The molecule has 1 aromatic heterocycles. The second kappa shape index (κ2) is 2.81. The van der Waals surface area contributed by atoms with E-state index in [-0.39, 0.29) is 13.2 Å². The molecule has 0 radical (unpaired) electrons. The minimum atomic E-state index is -0.830. The Hall–Kier alpha value is -1.42. The van der Waals surface area contributed by atoms with Crippen LogP contribution in [0.25, 0.3) is 0 Å². The standard InChI is InChI=1S/C9H9NO3/c11-8(12)9(5-13-6-9)7-1-3-10-4-2-7/h1-4H,5-6H2,(H,11,12). The number of carbonyl (C=O) groups is 1. The Morgan fingerprint density at radius 3 is 2.46 bits per heavy atom. The predicted octanol–water partition coefficient (Wildman–Crippen LogP) is 0.434. The van der Waals surface area contributed by atoms with Crippen molar-refractivity contribution in [3.05, 3.63) is 30.1 Å². The van der Waals surface area contributed by atoms with Crippen LogP contribution in [0.1, 0.15) is 5.56 Å². The number of carboxylic acid groups (broad SMARTS) is 1. The first kappa shape index (κ1) is 8.19. The summed E-state index contributed by atoms with van der Waals surface area (Å²) in [6.07, 6.45) is 3.19. The maximum atomic E-state index is 11.0. The van der Waals surface area contributed by atoms with Gasteiger partial charge in [0.05, 0.1) is 13.2 Å². The molecule has 1 aliphatic heterocycles. The molecule has 0 unspecified atom stereocenters. The molecule has 1 saturated heterocycles. The third-order valence-electron chi connectivity index (χ3n) is 2.34. The van der Waals surface area contributed by atoms with E-state index in [0.717, 1.165) is 5.56 Å². The molecule has 4 nitrogen and oxygen atoms in total. The van der Waals surface area contributed by atoms with Gasteiger partial charge in [0, 0.05) is 12.4 Å². The number of aliphatic carboxylic acids is 1. The maximum Gasteiger partial charge on any atom is 0.318 e. The Morgan fingerprint density at radius 2 is 2.08 bits per heavy atom. The van der Waals surface area contributed by atoms with Gasteiger partial charge in [-0.05, 0) is 17.7 Å². The highest BCUT2D eigenvalue weighted by Crippen LogP contribution is 2.32. The molecule has 1 aromatic rings. The summed E-state index contributed by atoms with van der Waals surface area (Å²) >= 11 is 0. The quantitative estimate of drug-likeness (QED) is 0.715. The number of pyridine rings is 1. The Labute approximate surface area is 75.2 Å². The molecule has 0 bridgehead atoms. The van der Waals surface area contributed by atoms with Crippen LogP contribution in [0.4, 0.5) is 0 Å². The molecule has 13 heavy (non-hydrogen) atoms. The van der Waals surface area contributed by atoms with Gasteiger partial charge in [-0.2, -0.15) is 0 Å². The van der Waals surface area contributed by atoms with Crippen LogP contribution in [0.2, 0.25) is 0 Å². The van der Waals surface area contributed by atoms with Crippen LogP contribution >= 0.6 is 0 Å². The fourth-order valence-electron chi connectivity index (χ4n) is 1.39. The molecule has 1 aliphatic rings. The molecule has 0 aliphatic carbocycles. The minimum Gasteiger partial charge on any atom is -0.480 e. The van der Waals surface area contributed by atoms with E-state index >= 15 is 0 Å². The second-order valence-electron chi connectivity index (χ2n) is 3.12. The first-order valence-electron chi connectivity index (χ1n) is 3.97. The van der Waals surface area contributed by atoms with Crippen molar-refractivity contribution in [2.24, 2.45) is 0 Å². The van der Waals surface area contributed by atoms with Crippen molar-refractivity contribution < 1.29 is 14.6 Å². The van der Waals surface area contributed by atoms with Crippen LogP contribution in [-0.2, 0) is 14.9 Å². The van der Waals surface area contributed by atoms with Gasteiger partial charge in [0.25, 0.3) is 0 Å². The second-order valence-corrected chi connectivity index (χ2v) is 3.12. The molecule has 2 heterocycles. The molecule has 0 aromatic carbocycles.